The van der Waals surface area contributed by atoms with Gasteiger partial charge in [0.25, 0.3) is 0 Å². The van der Waals surface area contributed by atoms with E-state index in [0.717, 1.165) is 0 Å². The number of halogens is 3. The van der Waals surface area contributed by atoms with Crippen LogP contribution in [0.25, 0.3) is 0 Å². The Morgan fingerprint density at radius 2 is 2.00 bits per heavy atom. The molecule has 0 atom stereocenters. The van der Waals surface area contributed by atoms with Crippen LogP contribution >= 0.6 is 34.2 Å². The van der Waals surface area contributed by atoms with Gasteiger partial charge in [-0.1, -0.05) is 11.6 Å². The third kappa shape index (κ3) is 1.74. The monoisotopic (exact) mass is 302 g/mol. The zero-order valence-corrected chi connectivity index (χ0v) is 9.94. The predicted octanol–water partition coefficient (Wildman–Crippen LogP) is 3.04. The summed E-state index contributed by atoms with van der Waals surface area (Å²) >= 11 is 7.50. The first-order chi connectivity index (χ1) is 5.34. The standard InChI is InChI=1S/C7H9ClFIN2/c1-7(2,3)12-6(9)4(10)5(8)11-12/h1-3H3. The molecule has 0 saturated heterocycles. The van der Waals surface area contributed by atoms with E-state index in [9.17, 15) is 4.39 Å². The average molecular weight is 303 g/mol. The minimum atomic E-state index is -0.367. The first-order valence-electron chi connectivity index (χ1n) is 3.44. The van der Waals surface area contributed by atoms with Crippen LogP contribution < -0.4 is 0 Å². The van der Waals surface area contributed by atoms with Crippen molar-refractivity contribution in [2.45, 2.75) is 26.3 Å². The molecule has 1 rings (SSSR count). The Balaban J connectivity index is 3.28. The van der Waals surface area contributed by atoms with Gasteiger partial charge >= 0.3 is 0 Å². The lowest BCUT2D eigenvalue weighted by Crippen LogP contribution is -2.24. The van der Waals surface area contributed by atoms with Crippen molar-refractivity contribution < 1.29 is 4.39 Å². The molecule has 2 nitrogen and oxygen atoms in total. The molecule has 0 radical (unpaired) electrons. The summed E-state index contributed by atoms with van der Waals surface area (Å²) in [5.41, 5.74) is -0.364. The quantitative estimate of drug-likeness (QED) is 0.674. The van der Waals surface area contributed by atoms with E-state index >= 15 is 0 Å². The van der Waals surface area contributed by atoms with E-state index in [1.165, 1.54) is 4.68 Å². The van der Waals surface area contributed by atoms with E-state index in [-0.39, 0.29) is 16.6 Å². The first kappa shape index (κ1) is 10.2. The van der Waals surface area contributed by atoms with E-state index < -0.39 is 0 Å². The van der Waals surface area contributed by atoms with Gasteiger partial charge in [-0.2, -0.15) is 9.49 Å². The fourth-order valence-corrected chi connectivity index (χ4v) is 1.29. The van der Waals surface area contributed by atoms with Gasteiger partial charge in [0.1, 0.15) is 3.57 Å². The molecule has 1 aromatic heterocycles. The smallest absolute Gasteiger partial charge is 0.227 e. The second kappa shape index (κ2) is 3.14. The normalized spacial score (nSPS) is 12.2. The molecule has 0 saturated carbocycles. The molecule has 0 bridgehead atoms. The van der Waals surface area contributed by atoms with Gasteiger partial charge in [-0.25, -0.2) is 4.68 Å². The molecule has 0 aliphatic heterocycles. The van der Waals surface area contributed by atoms with E-state index in [1.54, 1.807) is 0 Å². The number of nitrogens with zero attached hydrogens (tertiary/aromatic N) is 2. The zero-order valence-electron chi connectivity index (χ0n) is 7.03. The maximum absolute atomic E-state index is 13.3. The molecule has 0 amide bonds. The van der Waals surface area contributed by atoms with Crippen LogP contribution in [0.3, 0.4) is 0 Å². The van der Waals surface area contributed by atoms with Crippen LogP contribution in [0.4, 0.5) is 4.39 Å². The molecular weight excluding hydrogens is 293 g/mol. The maximum atomic E-state index is 13.3. The second-order valence-corrected chi connectivity index (χ2v) is 4.91. The summed E-state index contributed by atoms with van der Waals surface area (Å²) in [6, 6.07) is 0. The summed E-state index contributed by atoms with van der Waals surface area (Å²) in [6.45, 7) is 5.61. The number of hydrogen-bond acceptors (Lipinski definition) is 1. The largest absolute Gasteiger partial charge is 0.232 e. The van der Waals surface area contributed by atoms with Gasteiger partial charge < -0.3 is 0 Å². The van der Waals surface area contributed by atoms with Crippen molar-refractivity contribution in [3.8, 4) is 0 Å². The number of aromatic nitrogens is 2. The number of hydrogen-bond donors (Lipinski definition) is 0. The molecule has 12 heavy (non-hydrogen) atoms. The van der Waals surface area contributed by atoms with Crippen molar-refractivity contribution in [1.82, 2.24) is 9.78 Å². The predicted molar refractivity (Wildman–Crippen MR) is 54.9 cm³/mol. The van der Waals surface area contributed by atoms with Gasteiger partial charge in [-0.05, 0) is 43.4 Å². The summed E-state index contributed by atoms with van der Waals surface area (Å²) in [7, 11) is 0. The third-order valence-corrected chi connectivity index (χ3v) is 2.91. The van der Waals surface area contributed by atoms with E-state index in [4.69, 9.17) is 11.6 Å². The van der Waals surface area contributed by atoms with Crippen LogP contribution in [0.1, 0.15) is 20.8 Å². The highest BCUT2D eigenvalue weighted by Gasteiger charge is 2.22. The van der Waals surface area contributed by atoms with Crippen LogP contribution in [0, 0.1) is 9.52 Å². The molecular formula is C7H9ClFIN2. The summed E-state index contributed by atoms with van der Waals surface area (Å²) in [5, 5.41) is 4.11. The van der Waals surface area contributed by atoms with Gasteiger partial charge in [-0.3, -0.25) is 0 Å². The Morgan fingerprint density at radius 1 is 1.50 bits per heavy atom. The zero-order chi connectivity index (χ0) is 9.52. The minimum absolute atomic E-state index is 0.225. The lowest BCUT2D eigenvalue weighted by atomic mass is 10.1. The highest BCUT2D eigenvalue weighted by molar-refractivity contribution is 14.1. The van der Waals surface area contributed by atoms with Gasteiger partial charge in [0.05, 0.1) is 5.54 Å². The van der Waals surface area contributed by atoms with Crippen molar-refractivity contribution in [2.24, 2.45) is 0 Å². The highest BCUT2D eigenvalue weighted by Crippen LogP contribution is 2.24. The molecule has 0 aliphatic rings. The van der Waals surface area contributed by atoms with Gasteiger partial charge in [0, 0.05) is 0 Å². The molecule has 0 fully saturated rings. The topological polar surface area (TPSA) is 17.8 Å². The van der Waals surface area contributed by atoms with Crippen LogP contribution in [0.2, 0.25) is 5.15 Å². The lowest BCUT2D eigenvalue weighted by molar-refractivity contribution is 0.298. The molecule has 1 aromatic rings. The lowest BCUT2D eigenvalue weighted by Gasteiger charge is -2.19. The molecule has 5 heteroatoms. The Morgan fingerprint density at radius 3 is 2.17 bits per heavy atom. The molecule has 0 spiro atoms. The number of rotatable bonds is 0. The molecule has 0 aliphatic carbocycles. The average Bonchev–Trinajstić information content (AvgIpc) is 2.15. The fourth-order valence-electron chi connectivity index (χ4n) is 0.798. The van der Waals surface area contributed by atoms with Crippen LogP contribution in [-0.2, 0) is 5.54 Å². The van der Waals surface area contributed by atoms with Gasteiger partial charge in [-0.15, -0.1) is 0 Å². The maximum Gasteiger partial charge on any atom is 0.227 e. The van der Waals surface area contributed by atoms with E-state index in [1.807, 2.05) is 43.4 Å². The van der Waals surface area contributed by atoms with E-state index in [2.05, 4.69) is 5.10 Å². The molecule has 68 valence electrons. The molecule has 1 heterocycles. The summed E-state index contributed by atoms with van der Waals surface area (Å²) in [6.07, 6.45) is 0. The van der Waals surface area contributed by atoms with E-state index in [0.29, 0.717) is 3.57 Å². The second-order valence-electron chi connectivity index (χ2n) is 3.48. The van der Waals surface area contributed by atoms with Crippen molar-refractivity contribution in [2.75, 3.05) is 0 Å². The third-order valence-electron chi connectivity index (χ3n) is 1.37. The minimum Gasteiger partial charge on any atom is -0.232 e. The SMILES string of the molecule is CC(C)(C)n1nc(Cl)c(I)c1F. The first-order valence-corrected chi connectivity index (χ1v) is 4.89. The molecule has 0 N–H and O–H groups in total. The van der Waals surface area contributed by atoms with Crippen molar-refractivity contribution in [1.29, 1.82) is 0 Å². The Labute approximate surface area is 89.2 Å². The Bertz CT molecular complexity index is 303. The summed E-state index contributed by atoms with van der Waals surface area (Å²) < 4.78 is 15.0. The van der Waals surface area contributed by atoms with Crippen molar-refractivity contribution in [3.05, 3.63) is 14.7 Å². The molecule has 0 unspecified atom stereocenters. The van der Waals surface area contributed by atoms with Gasteiger partial charge in [0.15, 0.2) is 5.15 Å². The fraction of sp³-hybridized carbons (Fsp3) is 0.571. The molecule has 0 aromatic carbocycles. The summed E-state index contributed by atoms with van der Waals surface area (Å²) in [4.78, 5) is 0. The van der Waals surface area contributed by atoms with Crippen molar-refractivity contribution in [3.63, 3.8) is 0 Å². The Kier molecular flexibility index (Phi) is 2.68. The van der Waals surface area contributed by atoms with Crippen LogP contribution in [0.15, 0.2) is 0 Å². The van der Waals surface area contributed by atoms with Crippen molar-refractivity contribution >= 4 is 34.2 Å². The van der Waals surface area contributed by atoms with Gasteiger partial charge in [0.2, 0.25) is 5.95 Å². The Hall–Kier alpha value is 0.160. The highest BCUT2D eigenvalue weighted by atomic mass is 127. The van der Waals surface area contributed by atoms with Crippen LogP contribution in [-0.4, -0.2) is 9.78 Å². The summed E-state index contributed by atoms with van der Waals surface area (Å²) in [5.74, 6) is -0.367. The van der Waals surface area contributed by atoms with Crippen LogP contribution in [0.5, 0.6) is 0 Å².